The summed E-state index contributed by atoms with van der Waals surface area (Å²) < 4.78 is 0. The molecule has 0 aromatic heterocycles. The largest absolute Gasteiger partial charge is 0.394 e. The molecule has 1 aromatic carbocycles. The minimum absolute atomic E-state index is 0.0316. The highest BCUT2D eigenvalue weighted by Crippen LogP contribution is 2.18. The Kier molecular flexibility index (Phi) is 5.70. The number of rotatable bonds is 4. The standard InChI is InChI=1S/C16H22N2O2S/c17-16(21)13-7-5-12(6-8-13)10-15(20)18-9-3-1-2-4-14(18)11-19/h5-8,14,19H,1-4,9-11H2,(H2,17,21). The van der Waals surface area contributed by atoms with Crippen LogP contribution in [-0.4, -0.2) is 40.1 Å². The highest BCUT2D eigenvalue weighted by molar-refractivity contribution is 7.80. The van der Waals surface area contributed by atoms with Gasteiger partial charge in [-0.25, -0.2) is 0 Å². The lowest BCUT2D eigenvalue weighted by atomic mass is 10.1. The van der Waals surface area contributed by atoms with Crippen LogP contribution >= 0.6 is 12.2 Å². The van der Waals surface area contributed by atoms with Gasteiger partial charge < -0.3 is 15.7 Å². The van der Waals surface area contributed by atoms with E-state index in [4.69, 9.17) is 18.0 Å². The zero-order valence-corrected chi connectivity index (χ0v) is 12.9. The number of carbonyl (C=O) groups excluding carboxylic acids is 1. The first-order chi connectivity index (χ1) is 10.1. The van der Waals surface area contributed by atoms with E-state index in [2.05, 4.69) is 0 Å². The molecule has 1 heterocycles. The van der Waals surface area contributed by atoms with Gasteiger partial charge in [0.2, 0.25) is 5.91 Å². The number of benzene rings is 1. The second kappa shape index (κ2) is 7.52. The van der Waals surface area contributed by atoms with Gasteiger partial charge in [-0.15, -0.1) is 0 Å². The van der Waals surface area contributed by atoms with Gasteiger partial charge in [-0.3, -0.25) is 4.79 Å². The predicted octanol–water partition coefficient (Wildman–Crippen LogP) is 1.63. The van der Waals surface area contributed by atoms with Gasteiger partial charge in [-0.05, 0) is 18.4 Å². The molecule has 3 N–H and O–H groups in total. The van der Waals surface area contributed by atoms with Crippen LogP contribution < -0.4 is 5.73 Å². The van der Waals surface area contributed by atoms with Crippen LogP contribution in [0.25, 0.3) is 0 Å². The second-order valence-corrected chi connectivity index (χ2v) is 5.95. The van der Waals surface area contributed by atoms with E-state index in [1.54, 1.807) is 0 Å². The van der Waals surface area contributed by atoms with Gasteiger partial charge in [0.05, 0.1) is 19.1 Å². The second-order valence-electron chi connectivity index (χ2n) is 5.51. The van der Waals surface area contributed by atoms with Crippen LogP contribution in [0.2, 0.25) is 0 Å². The number of amides is 1. The van der Waals surface area contributed by atoms with E-state index in [9.17, 15) is 9.90 Å². The third-order valence-electron chi connectivity index (χ3n) is 4.00. The number of aliphatic hydroxyl groups is 1. The summed E-state index contributed by atoms with van der Waals surface area (Å²) in [6, 6.07) is 7.43. The Morgan fingerprint density at radius 2 is 2.00 bits per heavy atom. The number of thiocarbonyl (C=S) groups is 1. The van der Waals surface area contributed by atoms with Crippen molar-refractivity contribution in [2.24, 2.45) is 5.73 Å². The maximum Gasteiger partial charge on any atom is 0.227 e. The summed E-state index contributed by atoms with van der Waals surface area (Å²) in [5, 5.41) is 9.48. The summed E-state index contributed by atoms with van der Waals surface area (Å²) in [4.78, 5) is 14.7. The van der Waals surface area contributed by atoms with E-state index in [1.807, 2.05) is 29.2 Å². The number of hydrogen-bond acceptors (Lipinski definition) is 3. The van der Waals surface area contributed by atoms with Gasteiger partial charge in [0.1, 0.15) is 4.99 Å². The summed E-state index contributed by atoms with van der Waals surface area (Å²) in [6.45, 7) is 0.793. The molecule has 0 bridgehead atoms. The molecule has 1 saturated heterocycles. The molecule has 0 radical (unpaired) electrons. The quantitative estimate of drug-likeness (QED) is 0.830. The minimum Gasteiger partial charge on any atom is -0.394 e. The molecule has 1 aromatic rings. The normalized spacial score (nSPS) is 19.1. The first-order valence-electron chi connectivity index (χ1n) is 7.41. The van der Waals surface area contributed by atoms with Crippen molar-refractivity contribution >= 4 is 23.1 Å². The average molecular weight is 306 g/mol. The van der Waals surface area contributed by atoms with E-state index in [0.29, 0.717) is 11.4 Å². The number of likely N-dealkylation sites (tertiary alicyclic amines) is 1. The molecule has 0 saturated carbocycles. The average Bonchev–Trinajstić information content (AvgIpc) is 2.72. The molecular weight excluding hydrogens is 284 g/mol. The summed E-state index contributed by atoms with van der Waals surface area (Å²) in [6.07, 6.45) is 4.47. The van der Waals surface area contributed by atoms with Gasteiger partial charge >= 0.3 is 0 Å². The van der Waals surface area contributed by atoms with Crippen molar-refractivity contribution in [3.63, 3.8) is 0 Å². The van der Waals surface area contributed by atoms with Gasteiger partial charge in [0.15, 0.2) is 0 Å². The zero-order valence-electron chi connectivity index (χ0n) is 12.1. The van der Waals surface area contributed by atoms with Crippen LogP contribution in [0.5, 0.6) is 0 Å². The molecule has 21 heavy (non-hydrogen) atoms. The van der Waals surface area contributed by atoms with Gasteiger partial charge in [-0.2, -0.15) is 0 Å². The summed E-state index contributed by atoms with van der Waals surface area (Å²) in [5.41, 5.74) is 7.32. The Hall–Kier alpha value is -1.46. The first kappa shape index (κ1) is 15.9. The van der Waals surface area contributed by atoms with Crippen LogP contribution in [0.4, 0.5) is 0 Å². The third-order valence-corrected chi connectivity index (χ3v) is 4.24. The molecule has 1 unspecified atom stereocenters. The maximum atomic E-state index is 12.5. The smallest absolute Gasteiger partial charge is 0.227 e. The number of hydrogen-bond donors (Lipinski definition) is 2. The highest BCUT2D eigenvalue weighted by Gasteiger charge is 2.24. The first-order valence-corrected chi connectivity index (χ1v) is 7.81. The fourth-order valence-electron chi connectivity index (χ4n) is 2.76. The molecule has 1 fully saturated rings. The molecule has 0 spiro atoms. The fraction of sp³-hybridized carbons (Fsp3) is 0.500. The lowest BCUT2D eigenvalue weighted by molar-refractivity contribution is -0.133. The maximum absolute atomic E-state index is 12.5. The van der Waals surface area contributed by atoms with Gasteiger partial charge in [0.25, 0.3) is 0 Å². The molecular formula is C16H22N2O2S. The fourth-order valence-corrected chi connectivity index (χ4v) is 2.89. The zero-order chi connectivity index (χ0) is 15.2. The molecule has 1 aliphatic rings. The van der Waals surface area contributed by atoms with E-state index in [1.165, 1.54) is 0 Å². The van der Waals surface area contributed by atoms with E-state index < -0.39 is 0 Å². The summed E-state index contributed by atoms with van der Waals surface area (Å²) in [7, 11) is 0. The Morgan fingerprint density at radius 1 is 1.29 bits per heavy atom. The molecule has 1 aliphatic heterocycles. The van der Waals surface area contributed by atoms with E-state index in [-0.39, 0.29) is 18.6 Å². The lowest BCUT2D eigenvalue weighted by Gasteiger charge is -2.28. The topological polar surface area (TPSA) is 66.6 Å². The molecule has 0 aliphatic carbocycles. The minimum atomic E-state index is -0.0316. The summed E-state index contributed by atoms with van der Waals surface area (Å²) >= 11 is 4.92. The molecule has 1 atom stereocenters. The third kappa shape index (κ3) is 4.25. The molecule has 1 amide bonds. The van der Waals surface area contributed by atoms with Crippen molar-refractivity contribution in [3.8, 4) is 0 Å². The SMILES string of the molecule is NC(=S)c1ccc(CC(=O)N2CCCCCC2CO)cc1. The van der Waals surface area contributed by atoms with Crippen molar-refractivity contribution in [2.45, 2.75) is 38.1 Å². The monoisotopic (exact) mass is 306 g/mol. The van der Waals surface area contributed by atoms with E-state index >= 15 is 0 Å². The molecule has 114 valence electrons. The van der Waals surface area contributed by atoms with Gasteiger partial charge in [0, 0.05) is 12.1 Å². The predicted molar refractivity (Wildman–Crippen MR) is 87.1 cm³/mol. The van der Waals surface area contributed by atoms with E-state index in [0.717, 1.165) is 43.4 Å². The Labute approximate surface area is 130 Å². The van der Waals surface area contributed by atoms with Crippen LogP contribution in [0.1, 0.15) is 36.8 Å². The van der Waals surface area contributed by atoms with Crippen LogP contribution in [0.15, 0.2) is 24.3 Å². The Balaban J connectivity index is 2.03. The highest BCUT2D eigenvalue weighted by atomic mass is 32.1. The molecule has 2 rings (SSSR count). The van der Waals surface area contributed by atoms with Crippen molar-refractivity contribution in [1.29, 1.82) is 0 Å². The Bertz CT molecular complexity index is 502. The number of nitrogens with two attached hydrogens (primary N) is 1. The molecule has 5 heteroatoms. The van der Waals surface area contributed by atoms with Crippen molar-refractivity contribution in [3.05, 3.63) is 35.4 Å². The van der Waals surface area contributed by atoms with Crippen LogP contribution in [0, 0.1) is 0 Å². The molecule has 4 nitrogen and oxygen atoms in total. The lowest BCUT2D eigenvalue weighted by Crippen LogP contribution is -2.42. The number of aliphatic hydroxyl groups excluding tert-OH is 1. The van der Waals surface area contributed by atoms with Gasteiger partial charge in [-0.1, -0.05) is 49.3 Å². The van der Waals surface area contributed by atoms with Crippen molar-refractivity contribution < 1.29 is 9.90 Å². The Morgan fingerprint density at radius 3 is 2.62 bits per heavy atom. The van der Waals surface area contributed by atoms with Crippen molar-refractivity contribution in [1.82, 2.24) is 4.90 Å². The van der Waals surface area contributed by atoms with Crippen molar-refractivity contribution in [2.75, 3.05) is 13.2 Å². The summed E-state index contributed by atoms with van der Waals surface area (Å²) in [5.74, 6) is 0.0824. The van der Waals surface area contributed by atoms with Crippen LogP contribution in [-0.2, 0) is 11.2 Å². The van der Waals surface area contributed by atoms with Crippen LogP contribution in [0.3, 0.4) is 0 Å². The number of carbonyl (C=O) groups is 1. The number of nitrogens with zero attached hydrogens (tertiary/aromatic N) is 1.